The van der Waals surface area contributed by atoms with Gasteiger partial charge in [0.15, 0.2) is 0 Å². The van der Waals surface area contributed by atoms with Gasteiger partial charge >= 0.3 is 0 Å². The van der Waals surface area contributed by atoms with Gasteiger partial charge in [0, 0.05) is 36.8 Å². The minimum atomic E-state index is -3.01. The van der Waals surface area contributed by atoms with Crippen LogP contribution in [0.2, 0.25) is 0 Å². The largest absolute Gasteiger partial charge is 0.309 e. The molecule has 1 aromatic rings. The Labute approximate surface area is 106 Å². The Morgan fingerprint density at radius 2 is 2.24 bits per heavy atom. The summed E-state index contributed by atoms with van der Waals surface area (Å²) in [5.41, 5.74) is 1.82. The maximum absolute atomic E-state index is 11.3. The molecule has 1 aromatic heterocycles. The Balaban J connectivity index is 1.76. The lowest BCUT2D eigenvalue weighted by atomic mass is 10.1. The first-order chi connectivity index (χ1) is 8.05. The molecule has 7 heteroatoms. The Morgan fingerprint density at radius 1 is 1.53 bits per heavy atom. The van der Waals surface area contributed by atoms with Gasteiger partial charge in [0.25, 0.3) is 0 Å². The van der Waals surface area contributed by atoms with Crippen LogP contribution in [0.3, 0.4) is 0 Å². The average molecular weight is 275 g/mol. The van der Waals surface area contributed by atoms with Crippen molar-refractivity contribution in [2.75, 3.05) is 19.3 Å². The van der Waals surface area contributed by atoms with E-state index in [1.165, 1.54) is 11.1 Å². The maximum atomic E-state index is 11.3. The Kier molecular flexibility index (Phi) is 4.13. The summed E-state index contributed by atoms with van der Waals surface area (Å²) in [5, 5.41) is 3.44. The molecular weight excluding hydrogens is 258 g/mol. The summed E-state index contributed by atoms with van der Waals surface area (Å²) in [7, 11) is -3.01. The number of nitrogens with one attached hydrogen (secondary N) is 1. The van der Waals surface area contributed by atoms with Gasteiger partial charge < -0.3 is 5.32 Å². The lowest BCUT2D eigenvalue weighted by Crippen LogP contribution is -2.44. The van der Waals surface area contributed by atoms with Crippen molar-refractivity contribution in [2.24, 2.45) is 0 Å². The molecule has 96 valence electrons. The molecule has 5 nitrogen and oxygen atoms in total. The van der Waals surface area contributed by atoms with Crippen LogP contribution in [0.1, 0.15) is 17.7 Å². The summed E-state index contributed by atoms with van der Waals surface area (Å²) >= 11 is 1.64. The highest BCUT2D eigenvalue weighted by Crippen LogP contribution is 2.14. The van der Waals surface area contributed by atoms with Crippen LogP contribution >= 0.6 is 11.3 Å². The monoisotopic (exact) mass is 275 g/mol. The van der Waals surface area contributed by atoms with Crippen LogP contribution in [-0.4, -0.2) is 43.1 Å². The second kappa shape index (κ2) is 5.43. The summed E-state index contributed by atoms with van der Waals surface area (Å²) in [6.45, 7) is 2.08. The first-order valence-corrected chi connectivity index (χ1v) is 8.34. The Bertz CT molecular complexity index is 436. The van der Waals surface area contributed by atoms with Crippen molar-refractivity contribution in [1.29, 1.82) is 0 Å². The fourth-order valence-electron chi connectivity index (χ4n) is 1.97. The molecule has 0 aliphatic carbocycles. The number of thiazole rings is 1. The van der Waals surface area contributed by atoms with E-state index in [1.807, 2.05) is 11.7 Å². The van der Waals surface area contributed by atoms with E-state index in [1.54, 1.807) is 15.6 Å². The number of hydrogen-bond acceptors (Lipinski definition) is 5. The van der Waals surface area contributed by atoms with E-state index in [0.29, 0.717) is 19.1 Å². The van der Waals surface area contributed by atoms with Gasteiger partial charge in [0.2, 0.25) is 10.0 Å². The number of nitrogens with zero attached hydrogens (tertiary/aromatic N) is 2. The van der Waals surface area contributed by atoms with Gasteiger partial charge in [-0.3, -0.25) is 4.98 Å². The van der Waals surface area contributed by atoms with Crippen molar-refractivity contribution in [3.8, 4) is 0 Å². The van der Waals surface area contributed by atoms with E-state index in [0.717, 1.165) is 19.4 Å². The summed E-state index contributed by atoms with van der Waals surface area (Å²) in [6, 6.07) is 0.412. The van der Waals surface area contributed by atoms with Crippen molar-refractivity contribution in [2.45, 2.75) is 25.4 Å². The van der Waals surface area contributed by atoms with Gasteiger partial charge in [-0.15, -0.1) is 11.3 Å². The molecule has 1 aliphatic rings. The van der Waals surface area contributed by atoms with Gasteiger partial charge in [-0.2, -0.15) is 0 Å². The fraction of sp³-hybridized carbons (Fsp3) is 0.700. The molecule has 0 aromatic carbocycles. The summed E-state index contributed by atoms with van der Waals surface area (Å²) in [4.78, 5) is 5.24. The van der Waals surface area contributed by atoms with Gasteiger partial charge in [-0.1, -0.05) is 0 Å². The molecule has 0 spiro atoms. The predicted octanol–water partition coefficient (Wildman–Crippen LogP) is 0.657. The van der Waals surface area contributed by atoms with Gasteiger partial charge in [0.1, 0.15) is 0 Å². The van der Waals surface area contributed by atoms with E-state index in [9.17, 15) is 8.42 Å². The molecule has 1 aliphatic heterocycles. The van der Waals surface area contributed by atoms with Crippen molar-refractivity contribution >= 4 is 21.4 Å². The smallest absolute Gasteiger partial charge is 0.211 e. The zero-order valence-electron chi connectivity index (χ0n) is 9.80. The molecule has 1 fully saturated rings. The van der Waals surface area contributed by atoms with E-state index in [4.69, 9.17) is 0 Å². The average Bonchev–Trinajstić information content (AvgIpc) is 2.78. The van der Waals surface area contributed by atoms with Crippen molar-refractivity contribution in [3.05, 3.63) is 16.6 Å². The van der Waals surface area contributed by atoms with Crippen molar-refractivity contribution in [1.82, 2.24) is 14.6 Å². The highest BCUT2D eigenvalue weighted by Gasteiger charge is 2.24. The van der Waals surface area contributed by atoms with Crippen LogP contribution < -0.4 is 5.32 Å². The number of piperidine rings is 1. The fourth-order valence-corrected chi connectivity index (χ4v) is 3.39. The molecule has 0 bridgehead atoms. The molecule has 0 amide bonds. The van der Waals surface area contributed by atoms with E-state index in [2.05, 4.69) is 10.3 Å². The third-order valence-corrected chi connectivity index (χ3v) is 5.05. The zero-order valence-corrected chi connectivity index (χ0v) is 11.4. The first-order valence-electron chi connectivity index (χ1n) is 5.61. The highest BCUT2D eigenvalue weighted by molar-refractivity contribution is 7.88. The number of hydrogen-bond donors (Lipinski definition) is 1. The zero-order chi connectivity index (χ0) is 12.3. The summed E-state index contributed by atoms with van der Waals surface area (Å²) < 4.78 is 24.2. The molecular formula is C10H17N3O2S2. The molecule has 0 unspecified atom stereocenters. The van der Waals surface area contributed by atoms with Crippen LogP contribution in [0.15, 0.2) is 11.7 Å². The predicted molar refractivity (Wildman–Crippen MR) is 68.4 cm³/mol. The van der Waals surface area contributed by atoms with E-state index >= 15 is 0 Å². The lowest BCUT2D eigenvalue weighted by Gasteiger charge is -2.30. The van der Waals surface area contributed by atoms with Gasteiger partial charge in [0.05, 0.1) is 11.8 Å². The second-order valence-electron chi connectivity index (χ2n) is 4.28. The number of aromatic nitrogens is 1. The third-order valence-electron chi connectivity index (χ3n) is 2.97. The number of sulfonamides is 1. The van der Waals surface area contributed by atoms with Crippen LogP contribution in [-0.2, 0) is 16.6 Å². The molecule has 2 rings (SSSR count). The van der Waals surface area contributed by atoms with E-state index < -0.39 is 10.0 Å². The SMILES string of the molecule is CS(=O)(=O)N1CCC(NCc2cncs2)CC1. The van der Waals surface area contributed by atoms with Crippen LogP contribution in [0.25, 0.3) is 0 Å². The highest BCUT2D eigenvalue weighted by atomic mass is 32.2. The van der Waals surface area contributed by atoms with E-state index in [-0.39, 0.29) is 0 Å². The Morgan fingerprint density at radius 3 is 2.76 bits per heavy atom. The number of rotatable bonds is 4. The molecule has 1 N–H and O–H groups in total. The van der Waals surface area contributed by atoms with Crippen LogP contribution in [0.4, 0.5) is 0 Å². The molecule has 0 saturated carbocycles. The van der Waals surface area contributed by atoms with Crippen LogP contribution in [0, 0.1) is 0 Å². The summed E-state index contributed by atoms with van der Waals surface area (Å²) in [5.74, 6) is 0. The minimum absolute atomic E-state index is 0.412. The minimum Gasteiger partial charge on any atom is -0.309 e. The van der Waals surface area contributed by atoms with Crippen molar-refractivity contribution in [3.63, 3.8) is 0 Å². The van der Waals surface area contributed by atoms with Crippen molar-refractivity contribution < 1.29 is 8.42 Å². The molecule has 1 saturated heterocycles. The molecule has 0 atom stereocenters. The maximum Gasteiger partial charge on any atom is 0.211 e. The summed E-state index contributed by atoms with van der Waals surface area (Å²) in [6.07, 6.45) is 4.90. The quantitative estimate of drug-likeness (QED) is 0.877. The molecule has 2 heterocycles. The normalized spacial score (nSPS) is 19.6. The topological polar surface area (TPSA) is 62.3 Å². The van der Waals surface area contributed by atoms with Gasteiger partial charge in [-0.05, 0) is 12.8 Å². The lowest BCUT2D eigenvalue weighted by molar-refractivity contribution is 0.290. The van der Waals surface area contributed by atoms with Crippen LogP contribution in [0.5, 0.6) is 0 Å². The van der Waals surface area contributed by atoms with Gasteiger partial charge in [-0.25, -0.2) is 12.7 Å². The first kappa shape index (κ1) is 12.9. The standard InChI is InChI=1S/C10H17N3O2S2/c1-17(14,15)13-4-2-9(3-5-13)12-7-10-6-11-8-16-10/h6,8-9,12H,2-5,7H2,1H3. The molecule has 0 radical (unpaired) electrons. The Hall–Kier alpha value is -0.500. The third kappa shape index (κ3) is 3.74. The molecule has 17 heavy (non-hydrogen) atoms. The second-order valence-corrected chi connectivity index (χ2v) is 7.24.